The second kappa shape index (κ2) is 8.77. The van der Waals surface area contributed by atoms with Gasteiger partial charge in [0.15, 0.2) is 5.78 Å². The van der Waals surface area contributed by atoms with E-state index in [1.807, 2.05) is 19.1 Å². The lowest BCUT2D eigenvalue weighted by atomic mass is 9.71. The smallest absolute Gasteiger partial charge is 0.230 e. The fourth-order valence-electron chi connectivity index (χ4n) is 4.59. The highest BCUT2D eigenvalue weighted by Gasteiger charge is 2.42. The predicted molar refractivity (Wildman–Crippen MR) is 126 cm³/mol. The van der Waals surface area contributed by atoms with Gasteiger partial charge in [-0.25, -0.2) is 0 Å². The number of hydrogen-bond acceptors (Lipinski definition) is 3. The SMILES string of the molecule is CC1(C(=O)c2ccccc2P(=O)(C(=O)c2ccccc2)c2ccccc2)CCCCC1. The van der Waals surface area contributed by atoms with E-state index in [4.69, 9.17) is 0 Å². The standard InChI is InChI=1S/C27H27O3P/c1-27(19-11-4-12-20-27)25(28)23-17-9-10-18-24(23)31(30,22-15-7-3-8-16-22)26(29)21-13-5-2-6-14-21/h2-3,5-10,13-18H,4,11-12,19-20H2,1H3. The predicted octanol–water partition coefficient (Wildman–Crippen LogP) is 5.99. The van der Waals surface area contributed by atoms with Crippen LogP contribution in [0.4, 0.5) is 0 Å². The molecule has 1 atom stereocenters. The Kier molecular flexibility index (Phi) is 6.07. The molecule has 3 aromatic carbocycles. The number of Topliss-reactive ketones (excluding diaryl/α,β-unsaturated/α-hetero) is 1. The van der Waals surface area contributed by atoms with E-state index >= 15 is 0 Å². The summed E-state index contributed by atoms with van der Waals surface area (Å²) in [7, 11) is -3.77. The molecule has 4 rings (SSSR count). The first-order valence-electron chi connectivity index (χ1n) is 10.9. The van der Waals surface area contributed by atoms with Crippen LogP contribution in [-0.2, 0) is 4.57 Å². The van der Waals surface area contributed by atoms with Gasteiger partial charge in [-0.3, -0.25) is 9.59 Å². The Balaban J connectivity index is 1.91. The minimum atomic E-state index is -3.77. The van der Waals surface area contributed by atoms with Gasteiger partial charge < -0.3 is 4.57 Å². The number of carbonyl (C=O) groups is 2. The third-order valence-electron chi connectivity index (χ3n) is 6.42. The van der Waals surface area contributed by atoms with Crippen LogP contribution in [0.25, 0.3) is 0 Å². The molecule has 4 heteroatoms. The molecule has 0 bridgehead atoms. The van der Waals surface area contributed by atoms with Crippen molar-refractivity contribution in [2.24, 2.45) is 5.41 Å². The van der Waals surface area contributed by atoms with Gasteiger partial charge >= 0.3 is 0 Å². The second-order valence-corrected chi connectivity index (χ2v) is 11.2. The maximum atomic E-state index is 14.7. The molecule has 3 nitrogen and oxygen atoms in total. The summed E-state index contributed by atoms with van der Waals surface area (Å²) in [6, 6.07) is 24.6. The fourth-order valence-corrected chi connectivity index (χ4v) is 7.24. The van der Waals surface area contributed by atoms with Gasteiger partial charge in [-0.15, -0.1) is 0 Å². The summed E-state index contributed by atoms with van der Waals surface area (Å²) in [5, 5.41) is 0.810. The molecule has 3 aromatic rings. The summed E-state index contributed by atoms with van der Waals surface area (Å²) in [5.74, 6) is -0.000169. The van der Waals surface area contributed by atoms with E-state index in [0.717, 1.165) is 32.1 Å². The van der Waals surface area contributed by atoms with Crippen LogP contribution in [0.2, 0.25) is 0 Å². The largest absolute Gasteiger partial charge is 0.305 e. The summed E-state index contributed by atoms with van der Waals surface area (Å²) in [4.78, 5) is 27.5. The van der Waals surface area contributed by atoms with Crippen molar-refractivity contribution >= 4 is 29.1 Å². The van der Waals surface area contributed by atoms with E-state index in [1.54, 1.807) is 72.8 Å². The summed E-state index contributed by atoms with van der Waals surface area (Å²) in [5.41, 5.74) is -0.108. The van der Waals surface area contributed by atoms with E-state index in [2.05, 4.69) is 0 Å². The van der Waals surface area contributed by atoms with Crippen LogP contribution in [0.1, 0.15) is 59.7 Å². The summed E-state index contributed by atoms with van der Waals surface area (Å²) in [6.45, 7) is 2.01. The van der Waals surface area contributed by atoms with Crippen molar-refractivity contribution in [3.8, 4) is 0 Å². The molecule has 1 aliphatic carbocycles. The van der Waals surface area contributed by atoms with Gasteiger partial charge in [0.2, 0.25) is 12.7 Å². The fraction of sp³-hybridized carbons (Fsp3) is 0.259. The van der Waals surface area contributed by atoms with Crippen LogP contribution < -0.4 is 10.6 Å². The van der Waals surface area contributed by atoms with Crippen molar-refractivity contribution in [1.29, 1.82) is 0 Å². The molecular weight excluding hydrogens is 403 g/mol. The lowest BCUT2D eigenvalue weighted by molar-refractivity contribution is 0.0751. The third-order valence-corrected chi connectivity index (χ3v) is 9.34. The van der Waals surface area contributed by atoms with Gasteiger partial charge in [0.25, 0.3) is 0 Å². The number of carbonyl (C=O) groups excluding carboxylic acids is 2. The average Bonchev–Trinajstić information content (AvgIpc) is 2.84. The molecule has 1 fully saturated rings. The van der Waals surface area contributed by atoms with Crippen LogP contribution >= 0.6 is 7.14 Å². The van der Waals surface area contributed by atoms with Gasteiger partial charge in [-0.05, 0) is 12.8 Å². The maximum Gasteiger partial charge on any atom is 0.230 e. The molecule has 0 amide bonds. The van der Waals surface area contributed by atoms with Gasteiger partial charge in [-0.2, -0.15) is 0 Å². The van der Waals surface area contributed by atoms with E-state index in [-0.39, 0.29) is 5.78 Å². The van der Waals surface area contributed by atoms with Crippen molar-refractivity contribution < 1.29 is 14.2 Å². The van der Waals surface area contributed by atoms with Crippen molar-refractivity contribution in [3.05, 3.63) is 96.1 Å². The van der Waals surface area contributed by atoms with E-state index in [1.165, 1.54) is 0 Å². The van der Waals surface area contributed by atoms with Gasteiger partial charge in [-0.1, -0.05) is 111 Å². The Morgan fingerprint density at radius 3 is 1.94 bits per heavy atom. The first kappa shape index (κ1) is 21.5. The van der Waals surface area contributed by atoms with Crippen molar-refractivity contribution in [2.75, 3.05) is 0 Å². The molecule has 1 unspecified atom stereocenters. The molecule has 31 heavy (non-hydrogen) atoms. The lowest BCUT2D eigenvalue weighted by Crippen LogP contribution is -2.35. The van der Waals surface area contributed by atoms with E-state index in [9.17, 15) is 14.2 Å². The summed E-state index contributed by atoms with van der Waals surface area (Å²) >= 11 is 0. The summed E-state index contributed by atoms with van der Waals surface area (Å²) in [6.07, 6.45) is 4.82. The zero-order valence-corrected chi connectivity index (χ0v) is 18.7. The lowest BCUT2D eigenvalue weighted by Gasteiger charge is -2.33. The van der Waals surface area contributed by atoms with Crippen LogP contribution in [0, 0.1) is 5.41 Å². The van der Waals surface area contributed by atoms with E-state index in [0.29, 0.717) is 21.7 Å². The number of benzene rings is 3. The third kappa shape index (κ3) is 3.95. The maximum absolute atomic E-state index is 14.7. The minimum Gasteiger partial charge on any atom is -0.305 e. The van der Waals surface area contributed by atoms with Crippen LogP contribution in [0.15, 0.2) is 84.9 Å². The Morgan fingerprint density at radius 1 is 0.742 bits per heavy atom. The molecule has 0 radical (unpaired) electrons. The second-order valence-electron chi connectivity index (χ2n) is 8.58. The van der Waals surface area contributed by atoms with Gasteiger partial charge in [0.1, 0.15) is 0 Å². The highest BCUT2D eigenvalue weighted by Crippen LogP contribution is 2.49. The molecule has 0 heterocycles. The van der Waals surface area contributed by atoms with Crippen LogP contribution in [0.3, 0.4) is 0 Å². The molecule has 0 saturated heterocycles. The Hall–Kier alpha value is -2.77. The van der Waals surface area contributed by atoms with E-state index < -0.39 is 18.1 Å². The highest BCUT2D eigenvalue weighted by molar-refractivity contribution is 7.93. The Labute approximate surface area is 183 Å². The summed E-state index contributed by atoms with van der Waals surface area (Å²) < 4.78 is 14.7. The first-order valence-corrected chi connectivity index (χ1v) is 12.6. The van der Waals surface area contributed by atoms with Crippen molar-refractivity contribution in [1.82, 2.24) is 0 Å². The number of hydrogen-bond donors (Lipinski definition) is 0. The van der Waals surface area contributed by atoms with Crippen molar-refractivity contribution in [3.63, 3.8) is 0 Å². The molecule has 0 spiro atoms. The molecule has 0 aromatic heterocycles. The molecule has 1 aliphatic rings. The van der Waals surface area contributed by atoms with Gasteiger partial charge in [0, 0.05) is 27.2 Å². The highest BCUT2D eigenvalue weighted by atomic mass is 31.2. The molecule has 1 saturated carbocycles. The Morgan fingerprint density at radius 2 is 1.29 bits per heavy atom. The topological polar surface area (TPSA) is 51.2 Å². The van der Waals surface area contributed by atoms with Crippen LogP contribution in [0.5, 0.6) is 0 Å². The minimum absolute atomic E-state index is 0.000169. The van der Waals surface area contributed by atoms with Gasteiger partial charge in [0.05, 0.1) is 0 Å². The zero-order valence-electron chi connectivity index (χ0n) is 17.8. The number of rotatable bonds is 6. The average molecular weight is 430 g/mol. The quantitative estimate of drug-likeness (QED) is 0.356. The molecule has 158 valence electrons. The van der Waals surface area contributed by atoms with Crippen LogP contribution in [-0.4, -0.2) is 11.3 Å². The molecule has 0 N–H and O–H groups in total. The molecule has 0 aliphatic heterocycles. The normalized spacial score (nSPS) is 17.5. The monoisotopic (exact) mass is 430 g/mol. The van der Waals surface area contributed by atoms with Crippen molar-refractivity contribution in [2.45, 2.75) is 39.0 Å². The Bertz CT molecular complexity index is 1130. The first-order chi connectivity index (χ1) is 15.0. The number of ketones is 1. The zero-order chi connectivity index (χ0) is 21.9. The molecular formula is C27H27O3P.